The predicted octanol–water partition coefficient (Wildman–Crippen LogP) is 4.82. The van der Waals surface area contributed by atoms with Crippen LogP contribution < -0.4 is 4.72 Å². The fraction of sp³-hybridized carbons (Fsp3) is 0.0909. The van der Waals surface area contributed by atoms with Crippen LogP contribution in [0.1, 0.15) is 11.1 Å². The zero-order valence-corrected chi connectivity index (χ0v) is 16.8. The third kappa shape index (κ3) is 4.20. The highest BCUT2D eigenvalue weighted by atomic mass is 32.2. The zero-order valence-electron chi connectivity index (χ0n) is 16.0. The average molecular weight is 405 g/mol. The van der Waals surface area contributed by atoms with E-state index in [1.165, 1.54) is 0 Å². The van der Waals surface area contributed by atoms with E-state index >= 15 is 0 Å². The van der Waals surface area contributed by atoms with Crippen LogP contribution in [-0.2, 0) is 10.0 Å². The number of sulfonamides is 1. The van der Waals surface area contributed by atoms with Gasteiger partial charge in [0.15, 0.2) is 0 Å². The lowest BCUT2D eigenvalue weighted by molar-refractivity contribution is 0.432. The fourth-order valence-electron chi connectivity index (χ4n) is 2.89. The average Bonchev–Trinajstić information content (AvgIpc) is 3.19. The lowest BCUT2D eigenvalue weighted by Crippen LogP contribution is -2.12. The first-order chi connectivity index (χ1) is 13.9. The van der Waals surface area contributed by atoms with Crippen molar-refractivity contribution < 1.29 is 12.9 Å². The minimum atomic E-state index is -3.69. The smallest absolute Gasteiger partial charge is 0.261 e. The number of hydrogen-bond donors (Lipinski definition) is 1. The maximum atomic E-state index is 12.6. The lowest BCUT2D eigenvalue weighted by atomic mass is 10.1. The molecular weight excluding hydrogens is 386 g/mol. The highest BCUT2D eigenvalue weighted by Crippen LogP contribution is 2.26. The van der Waals surface area contributed by atoms with E-state index in [1.807, 2.05) is 38.1 Å². The summed E-state index contributed by atoms with van der Waals surface area (Å²) in [7, 11) is -3.69. The van der Waals surface area contributed by atoms with Crippen LogP contribution in [0.5, 0.6) is 0 Å². The summed E-state index contributed by atoms with van der Waals surface area (Å²) in [4.78, 5) is 4.64. The Morgan fingerprint density at radius 1 is 0.828 bits per heavy atom. The van der Waals surface area contributed by atoms with Gasteiger partial charge in [0.05, 0.1) is 4.90 Å². The van der Waals surface area contributed by atoms with E-state index in [2.05, 4.69) is 14.9 Å². The van der Waals surface area contributed by atoms with Gasteiger partial charge in [-0.25, -0.2) is 8.42 Å². The second-order valence-electron chi connectivity index (χ2n) is 6.79. The topological polar surface area (TPSA) is 85.1 Å². The van der Waals surface area contributed by atoms with E-state index in [-0.39, 0.29) is 4.90 Å². The van der Waals surface area contributed by atoms with E-state index in [0.717, 1.165) is 16.7 Å². The van der Waals surface area contributed by atoms with Crippen LogP contribution in [0.2, 0.25) is 0 Å². The molecule has 0 aliphatic carbocycles. The van der Waals surface area contributed by atoms with E-state index in [4.69, 9.17) is 4.52 Å². The quantitative estimate of drug-likeness (QED) is 0.514. The molecule has 0 spiro atoms. The normalized spacial score (nSPS) is 11.4. The van der Waals surface area contributed by atoms with Gasteiger partial charge >= 0.3 is 0 Å². The first kappa shape index (κ1) is 18.9. The largest absolute Gasteiger partial charge is 0.334 e. The van der Waals surface area contributed by atoms with Gasteiger partial charge in [-0.3, -0.25) is 4.72 Å². The van der Waals surface area contributed by atoms with Gasteiger partial charge in [-0.05, 0) is 50.2 Å². The summed E-state index contributed by atoms with van der Waals surface area (Å²) in [5.74, 6) is 0.798. The number of aryl methyl sites for hydroxylation is 2. The second kappa shape index (κ2) is 7.52. The van der Waals surface area contributed by atoms with E-state index < -0.39 is 10.0 Å². The molecule has 1 N–H and O–H groups in total. The van der Waals surface area contributed by atoms with Gasteiger partial charge in [-0.2, -0.15) is 4.98 Å². The van der Waals surface area contributed by atoms with Crippen LogP contribution in [0.4, 0.5) is 5.69 Å². The number of nitrogens with one attached hydrogen (secondary N) is 1. The Hall–Kier alpha value is -3.45. The number of hydrogen-bond acceptors (Lipinski definition) is 5. The molecule has 0 saturated carbocycles. The van der Waals surface area contributed by atoms with Crippen molar-refractivity contribution >= 4 is 15.7 Å². The first-order valence-electron chi connectivity index (χ1n) is 9.01. The molecule has 0 atom stereocenters. The Labute approximate surface area is 169 Å². The van der Waals surface area contributed by atoms with Crippen LogP contribution in [0, 0.1) is 13.8 Å². The van der Waals surface area contributed by atoms with Crippen LogP contribution in [0.15, 0.2) is 82.2 Å². The fourth-order valence-corrected chi connectivity index (χ4v) is 3.94. The van der Waals surface area contributed by atoms with Gasteiger partial charge in [-0.15, -0.1) is 0 Å². The molecule has 6 nitrogen and oxygen atoms in total. The summed E-state index contributed by atoms with van der Waals surface area (Å²) in [5, 5.41) is 4.04. The van der Waals surface area contributed by atoms with Gasteiger partial charge in [-0.1, -0.05) is 52.7 Å². The standard InChI is InChI=1S/C22H19N3O3S/c1-15-9-11-20(12-10-15)29(26,27)25-19-8-4-7-18(14-19)22-23-21(24-28-22)17-6-3-5-16(2)13-17/h3-14,25H,1-2H3. The van der Waals surface area contributed by atoms with Gasteiger partial charge in [0.1, 0.15) is 0 Å². The molecule has 29 heavy (non-hydrogen) atoms. The van der Waals surface area contributed by atoms with Gasteiger partial charge < -0.3 is 4.52 Å². The second-order valence-corrected chi connectivity index (χ2v) is 8.47. The highest BCUT2D eigenvalue weighted by Gasteiger charge is 2.16. The molecule has 1 heterocycles. The van der Waals surface area contributed by atoms with E-state index in [9.17, 15) is 8.42 Å². The number of benzene rings is 3. The molecule has 0 unspecified atom stereocenters. The van der Waals surface area contributed by atoms with Crippen molar-refractivity contribution in [1.82, 2.24) is 10.1 Å². The third-order valence-electron chi connectivity index (χ3n) is 4.40. The Balaban J connectivity index is 1.60. The molecule has 4 aromatic rings. The highest BCUT2D eigenvalue weighted by molar-refractivity contribution is 7.92. The third-order valence-corrected chi connectivity index (χ3v) is 5.79. The Bertz CT molecular complexity index is 1260. The molecule has 0 aliphatic rings. The molecule has 0 aliphatic heterocycles. The minimum absolute atomic E-state index is 0.202. The molecular formula is C22H19N3O3S. The number of rotatable bonds is 5. The summed E-state index contributed by atoms with van der Waals surface area (Å²) in [6.07, 6.45) is 0. The summed E-state index contributed by atoms with van der Waals surface area (Å²) in [5.41, 5.74) is 3.99. The van der Waals surface area contributed by atoms with Crippen LogP contribution in [0.25, 0.3) is 22.8 Å². The monoisotopic (exact) mass is 405 g/mol. The van der Waals surface area contributed by atoms with Crippen LogP contribution >= 0.6 is 0 Å². The molecule has 0 saturated heterocycles. The van der Waals surface area contributed by atoms with Crippen molar-refractivity contribution in [3.63, 3.8) is 0 Å². The number of anilines is 1. The number of nitrogens with zero attached hydrogens (tertiary/aromatic N) is 2. The van der Waals surface area contributed by atoms with Crippen molar-refractivity contribution in [3.8, 4) is 22.8 Å². The molecule has 0 fully saturated rings. The van der Waals surface area contributed by atoms with Crippen molar-refractivity contribution in [1.29, 1.82) is 0 Å². The lowest BCUT2D eigenvalue weighted by Gasteiger charge is -2.09. The van der Waals surface area contributed by atoms with Gasteiger partial charge in [0.25, 0.3) is 15.9 Å². The molecule has 0 bridgehead atoms. The van der Waals surface area contributed by atoms with Crippen LogP contribution in [0.3, 0.4) is 0 Å². The summed E-state index contributed by atoms with van der Waals surface area (Å²) < 4.78 is 33.2. The van der Waals surface area contributed by atoms with Crippen molar-refractivity contribution in [2.75, 3.05) is 4.72 Å². The molecule has 1 aromatic heterocycles. The minimum Gasteiger partial charge on any atom is -0.334 e. The van der Waals surface area contributed by atoms with Crippen molar-refractivity contribution in [2.24, 2.45) is 0 Å². The van der Waals surface area contributed by atoms with Crippen molar-refractivity contribution in [2.45, 2.75) is 18.7 Å². The summed E-state index contributed by atoms with van der Waals surface area (Å²) in [6, 6.07) is 21.3. The Morgan fingerprint density at radius 2 is 1.55 bits per heavy atom. The maximum Gasteiger partial charge on any atom is 0.261 e. The zero-order chi connectivity index (χ0) is 20.4. The Kier molecular flexibility index (Phi) is 4.90. The Morgan fingerprint density at radius 3 is 2.31 bits per heavy atom. The molecule has 3 aromatic carbocycles. The van der Waals surface area contributed by atoms with E-state index in [1.54, 1.807) is 48.5 Å². The summed E-state index contributed by atoms with van der Waals surface area (Å²) >= 11 is 0. The molecule has 146 valence electrons. The number of aromatic nitrogens is 2. The predicted molar refractivity (Wildman–Crippen MR) is 112 cm³/mol. The van der Waals surface area contributed by atoms with Crippen LogP contribution in [-0.4, -0.2) is 18.6 Å². The molecule has 4 rings (SSSR count). The van der Waals surface area contributed by atoms with Crippen molar-refractivity contribution in [3.05, 3.63) is 83.9 Å². The molecule has 7 heteroatoms. The summed E-state index contributed by atoms with van der Waals surface area (Å²) in [6.45, 7) is 3.90. The van der Waals surface area contributed by atoms with Gasteiger partial charge in [0, 0.05) is 16.8 Å². The first-order valence-corrected chi connectivity index (χ1v) is 10.5. The maximum absolute atomic E-state index is 12.6. The molecule has 0 radical (unpaired) electrons. The van der Waals surface area contributed by atoms with Gasteiger partial charge in [0.2, 0.25) is 5.82 Å². The molecule has 0 amide bonds. The SMILES string of the molecule is Cc1ccc(S(=O)(=O)Nc2cccc(-c3nc(-c4cccc(C)c4)no3)c2)cc1. The van der Waals surface area contributed by atoms with E-state index in [0.29, 0.717) is 23.0 Å².